The molecule has 1 fully saturated rings. The number of hydroxylamine groups is 1. The highest BCUT2D eigenvalue weighted by Crippen LogP contribution is 2.37. The van der Waals surface area contributed by atoms with Crippen molar-refractivity contribution in [3.05, 3.63) is 87.4 Å². The molecule has 1 amide bonds. The zero-order chi connectivity index (χ0) is 27.3. The van der Waals surface area contributed by atoms with Crippen LogP contribution in [0.3, 0.4) is 0 Å². The molecule has 0 bridgehead atoms. The highest BCUT2D eigenvalue weighted by atomic mass is 32.1. The molecule has 2 aromatic carbocycles. The van der Waals surface area contributed by atoms with Crippen molar-refractivity contribution in [3.8, 4) is 11.3 Å². The summed E-state index contributed by atoms with van der Waals surface area (Å²) >= 11 is 1.68. The van der Waals surface area contributed by atoms with Crippen LogP contribution in [0.1, 0.15) is 52.1 Å². The minimum atomic E-state index is -0.400. The van der Waals surface area contributed by atoms with Gasteiger partial charge in [0.1, 0.15) is 0 Å². The third-order valence-corrected chi connectivity index (χ3v) is 8.06. The lowest BCUT2D eigenvalue weighted by Crippen LogP contribution is -2.33. The van der Waals surface area contributed by atoms with Gasteiger partial charge < -0.3 is 9.30 Å². The first-order chi connectivity index (χ1) is 19.7. The number of aryl methyl sites for hydroxylation is 5. The van der Waals surface area contributed by atoms with Crippen LogP contribution in [0.5, 0.6) is 0 Å². The number of aromatic amines is 1. The molecule has 3 aromatic heterocycles. The third-order valence-electron chi connectivity index (χ3n) is 7.38. The average Bonchev–Trinajstić information content (AvgIpc) is 3.76. The highest BCUT2D eigenvalue weighted by molar-refractivity contribution is 7.08. The van der Waals surface area contributed by atoms with Gasteiger partial charge in [-0.3, -0.25) is 4.79 Å². The van der Waals surface area contributed by atoms with Gasteiger partial charge in [0.05, 0.1) is 5.69 Å². The van der Waals surface area contributed by atoms with Crippen LogP contribution in [0.4, 0.5) is 0 Å². The van der Waals surface area contributed by atoms with E-state index in [4.69, 9.17) is 9.57 Å². The van der Waals surface area contributed by atoms with Crippen LogP contribution >= 0.6 is 11.3 Å². The lowest BCUT2D eigenvalue weighted by atomic mass is 9.98. The van der Waals surface area contributed by atoms with Crippen LogP contribution in [0.25, 0.3) is 22.2 Å². The van der Waals surface area contributed by atoms with E-state index in [1.54, 1.807) is 11.3 Å². The maximum absolute atomic E-state index is 13.1. The van der Waals surface area contributed by atoms with Crippen LogP contribution in [0, 0.1) is 6.92 Å². The number of H-pyrrole nitrogens is 1. The van der Waals surface area contributed by atoms with E-state index in [1.165, 1.54) is 16.7 Å². The van der Waals surface area contributed by atoms with E-state index in [0.29, 0.717) is 31.0 Å². The fourth-order valence-corrected chi connectivity index (χ4v) is 5.93. The molecular weight excluding hydrogens is 524 g/mol. The Labute approximate surface area is 236 Å². The Morgan fingerprint density at radius 1 is 1.15 bits per heavy atom. The zero-order valence-corrected chi connectivity index (χ0v) is 23.2. The van der Waals surface area contributed by atoms with E-state index in [9.17, 15) is 4.79 Å². The molecule has 10 heteroatoms. The average molecular weight is 557 g/mol. The van der Waals surface area contributed by atoms with Crippen LogP contribution in [0.15, 0.2) is 59.3 Å². The molecule has 5 aromatic rings. The maximum Gasteiger partial charge on any atom is 0.274 e. The van der Waals surface area contributed by atoms with Gasteiger partial charge in [0.15, 0.2) is 12.1 Å². The number of benzene rings is 2. The van der Waals surface area contributed by atoms with E-state index >= 15 is 0 Å². The second kappa shape index (κ2) is 12.1. The van der Waals surface area contributed by atoms with Crippen molar-refractivity contribution in [1.29, 1.82) is 0 Å². The van der Waals surface area contributed by atoms with Crippen molar-refractivity contribution >= 4 is 28.1 Å². The Kier molecular flexibility index (Phi) is 7.99. The van der Waals surface area contributed by atoms with Crippen LogP contribution in [-0.4, -0.2) is 44.0 Å². The Hall–Kier alpha value is -3.86. The first-order valence-corrected chi connectivity index (χ1v) is 14.6. The molecule has 1 aliphatic heterocycles. The minimum Gasteiger partial charge on any atom is -0.350 e. The predicted octanol–water partition coefficient (Wildman–Crippen LogP) is 5.41. The lowest BCUT2D eigenvalue weighted by Gasteiger charge is -2.22. The standard InChI is InChI=1S/C30H32N6O3S/c1-20-5-7-21(8-6-20)9-11-24-25-18-22(30(37)33-39-28-4-2-3-16-38-28)10-12-26(25)36(15-13-27-31-34-35-32-27)29(24)23-14-17-40-19-23/h5-8,10,12,14,17-19,28H,2-4,9,11,13,15-16H2,1H3,(H,33,37)(H,31,32,34,35). The van der Waals surface area contributed by atoms with Crippen LogP contribution in [0.2, 0.25) is 0 Å². The van der Waals surface area contributed by atoms with E-state index in [2.05, 4.69) is 78.7 Å². The van der Waals surface area contributed by atoms with Gasteiger partial charge in [-0.05, 0) is 73.4 Å². The summed E-state index contributed by atoms with van der Waals surface area (Å²) in [6.45, 7) is 3.44. The SMILES string of the molecule is Cc1ccc(CCc2c(-c3ccsc3)n(CCc3nn[nH]n3)c3ccc(C(=O)NOC4CCCCO4)cc23)cc1. The number of hydrogen-bond acceptors (Lipinski definition) is 7. The second-order valence-electron chi connectivity index (χ2n) is 10.1. The number of hydrogen-bond donors (Lipinski definition) is 2. The monoisotopic (exact) mass is 556 g/mol. The Balaban J connectivity index is 1.37. The van der Waals surface area contributed by atoms with Crippen molar-refractivity contribution in [2.75, 3.05) is 6.61 Å². The minimum absolute atomic E-state index is 0.280. The number of nitrogens with zero attached hydrogens (tertiary/aromatic N) is 4. The number of carbonyl (C=O) groups is 1. The van der Waals surface area contributed by atoms with Gasteiger partial charge in [-0.25, -0.2) is 10.3 Å². The molecule has 1 saturated heterocycles. The van der Waals surface area contributed by atoms with Gasteiger partial charge in [-0.1, -0.05) is 35.0 Å². The molecule has 6 rings (SSSR count). The normalized spacial score (nSPS) is 15.5. The smallest absolute Gasteiger partial charge is 0.274 e. The molecule has 0 radical (unpaired) electrons. The number of ether oxygens (including phenoxy) is 1. The van der Waals surface area contributed by atoms with Crippen molar-refractivity contribution in [1.82, 2.24) is 30.7 Å². The van der Waals surface area contributed by atoms with Gasteiger partial charge in [-0.15, -0.1) is 10.2 Å². The van der Waals surface area contributed by atoms with Gasteiger partial charge in [0, 0.05) is 53.4 Å². The summed E-state index contributed by atoms with van der Waals surface area (Å²) in [6.07, 6.45) is 4.77. The Bertz CT molecular complexity index is 1560. The molecule has 0 saturated carbocycles. The van der Waals surface area contributed by atoms with Crippen molar-refractivity contribution in [2.24, 2.45) is 0 Å². The number of tetrazole rings is 1. The predicted molar refractivity (Wildman–Crippen MR) is 154 cm³/mol. The fourth-order valence-electron chi connectivity index (χ4n) is 5.29. The van der Waals surface area contributed by atoms with E-state index in [-0.39, 0.29) is 5.91 Å². The fraction of sp³-hybridized carbons (Fsp3) is 0.333. The number of nitrogens with one attached hydrogen (secondary N) is 2. The number of rotatable bonds is 10. The largest absolute Gasteiger partial charge is 0.350 e. The lowest BCUT2D eigenvalue weighted by molar-refractivity contribution is -0.186. The summed E-state index contributed by atoms with van der Waals surface area (Å²) in [5.74, 6) is 0.384. The summed E-state index contributed by atoms with van der Waals surface area (Å²) < 4.78 is 7.92. The molecule has 2 N–H and O–H groups in total. The number of amides is 1. The van der Waals surface area contributed by atoms with E-state index in [0.717, 1.165) is 54.3 Å². The topological polar surface area (TPSA) is 107 Å². The molecular formula is C30H32N6O3S. The summed E-state index contributed by atoms with van der Waals surface area (Å²) in [7, 11) is 0. The second-order valence-corrected chi connectivity index (χ2v) is 10.9. The Morgan fingerprint density at radius 2 is 2.05 bits per heavy atom. The first-order valence-electron chi connectivity index (χ1n) is 13.7. The third kappa shape index (κ3) is 5.84. The number of aromatic nitrogens is 5. The molecule has 1 aliphatic rings. The van der Waals surface area contributed by atoms with Crippen molar-refractivity contribution < 1.29 is 14.4 Å². The van der Waals surface area contributed by atoms with Gasteiger partial charge in [0.25, 0.3) is 5.91 Å². The van der Waals surface area contributed by atoms with Gasteiger partial charge in [-0.2, -0.15) is 16.6 Å². The summed E-state index contributed by atoms with van der Waals surface area (Å²) in [5.41, 5.74) is 10.3. The van der Waals surface area contributed by atoms with Crippen molar-refractivity contribution in [3.63, 3.8) is 0 Å². The molecule has 206 valence electrons. The maximum atomic E-state index is 13.1. The number of fused-ring (bicyclic) bond motifs is 1. The van der Waals surface area contributed by atoms with Gasteiger partial charge in [0.2, 0.25) is 0 Å². The number of thiophene rings is 1. The van der Waals surface area contributed by atoms with E-state index in [1.807, 2.05) is 18.2 Å². The van der Waals surface area contributed by atoms with Crippen molar-refractivity contribution in [2.45, 2.75) is 58.3 Å². The molecule has 4 heterocycles. The molecule has 1 unspecified atom stereocenters. The number of carbonyl (C=O) groups excluding carboxylic acids is 1. The molecule has 0 aliphatic carbocycles. The quantitative estimate of drug-likeness (QED) is 0.223. The Morgan fingerprint density at radius 3 is 2.80 bits per heavy atom. The van der Waals surface area contributed by atoms with Crippen LogP contribution < -0.4 is 5.48 Å². The molecule has 40 heavy (non-hydrogen) atoms. The molecule has 9 nitrogen and oxygen atoms in total. The summed E-state index contributed by atoms with van der Waals surface area (Å²) in [4.78, 5) is 18.7. The first kappa shape index (κ1) is 26.4. The molecule has 1 atom stereocenters. The summed E-state index contributed by atoms with van der Waals surface area (Å²) in [5, 5.41) is 19.9. The zero-order valence-electron chi connectivity index (χ0n) is 22.4. The molecule has 0 spiro atoms. The van der Waals surface area contributed by atoms with Gasteiger partial charge >= 0.3 is 0 Å². The highest BCUT2D eigenvalue weighted by Gasteiger charge is 2.22. The van der Waals surface area contributed by atoms with Crippen LogP contribution in [-0.2, 0) is 35.4 Å². The van der Waals surface area contributed by atoms with E-state index < -0.39 is 6.29 Å². The summed E-state index contributed by atoms with van der Waals surface area (Å²) in [6, 6.07) is 16.7.